The molecule has 9 heteroatoms. The Morgan fingerprint density at radius 2 is 0.857 bits per heavy atom. The van der Waals surface area contributed by atoms with E-state index in [1.54, 1.807) is 48.5 Å². The third kappa shape index (κ3) is 15.4. The summed E-state index contributed by atoms with van der Waals surface area (Å²) < 4.78 is 18.3. The van der Waals surface area contributed by atoms with Crippen molar-refractivity contribution in [3.8, 4) is 11.5 Å². The number of hydrogen-bond acceptors (Lipinski definition) is 4. The summed E-state index contributed by atoms with van der Waals surface area (Å²) in [5.74, 6) is 0.490. The van der Waals surface area contributed by atoms with Crippen molar-refractivity contribution in [2.45, 2.75) is 0 Å². The van der Waals surface area contributed by atoms with Crippen LogP contribution in [0, 0.1) is 0 Å². The average molecular weight is 392 g/mol. The molecule has 0 aliphatic carbocycles. The van der Waals surface area contributed by atoms with E-state index in [2.05, 4.69) is 21.4 Å². The smallest absolute Gasteiger partial charge is 0.317 e. The van der Waals surface area contributed by atoms with E-state index in [0.29, 0.717) is 10.0 Å². The summed E-state index contributed by atoms with van der Waals surface area (Å²) in [5, 5.41) is 18.7. The van der Waals surface area contributed by atoms with Gasteiger partial charge in [-0.2, -0.15) is 8.42 Å². The number of phenols is 2. The van der Waals surface area contributed by atoms with E-state index >= 15 is 0 Å². The molecule has 2 aromatic carbocycles. The van der Waals surface area contributed by atoms with Crippen molar-refractivity contribution < 1.29 is 18.6 Å². The minimum Gasteiger partial charge on any atom is -0.508 e. The van der Waals surface area contributed by atoms with Gasteiger partial charge in [0.1, 0.15) is 11.5 Å². The van der Waals surface area contributed by atoms with Crippen molar-refractivity contribution in [1.82, 2.24) is 0 Å². The van der Waals surface area contributed by atoms with Gasteiger partial charge in [-0.3, -0.25) is 0 Å². The zero-order chi connectivity index (χ0) is 16.5. The van der Waals surface area contributed by atoms with Crippen molar-refractivity contribution in [2.24, 2.45) is 0 Å². The van der Waals surface area contributed by atoms with Crippen LogP contribution in [0.15, 0.2) is 48.5 Å². The molecule has 4 nitrogen and oxygen atoms in total. The Hall–Kier alpha value is -0.850. The number of benzene rings is 2. The van der Waals surface area contributed by atoms with Crippen molar-refractivity contribution in [1.29, 1.82) is 0 Å². The first-order valence-electron chi connectivity index (χ1n) is 5.11. The Labute approximate surface area is 141 Å². The van der Waals surface area contributed by atoms with Gasteiger partial charge in [-0.1, -0.05) is 23.2 Å². The third-order valence-electron chi connectivity index (χ3n) is 1.65. The molecular formula is C12H10Cl4O4S. The van der Waals surface area contributed by atoms with Crippen LogP contribution in [-0.4, -0.2) is 18.6 Å². The molecule has 0 saturated heterocycles. The molecule has 0 unspecified atom stereocenters. The van der Waals surface area contributed by atoms with Gasteiger partial charge in [0, 0.05) is 31.4 Å². The third-order valence-corrected chi connectivity index (χ3v) is 2.16. The molecule has 0 heterocycles. The molecule has 0 spiro atoms. The van der Waals surface area contributed by atoms with Crippen LogP contribution in [0.3, 0.4) is 0 Å². The van der Waals surface area contributed by atoms with Crippen LogP contribution in [-0.2, 0) is 8.26 Å². The normalized spacial score (nSPS) is 9.71. The first-order chi connectivity index (χ1) is 9.58. The number of halogens is 4. The lowest BCUT2D eigenvalue weighted by atomic mass is 10.3. The lowest BCUT2D eigenvalue weighted by molar-refractivity contribution is 0.475. The van der Waals surface area contributed by atoms with Gasteiger partial charge in [0.05, 0.1) is 0 Å². The Kier molecular flexibility index (Phi) is 9.57. The monoisotopic (exact) mass is 390 g/mol. The highest BCUT2D eigenvalue weighted by atomic mass is 36.0. The number of rotatable bonds is 0. The minimum atomic E-state index is -3.72. The molecule has 0 aliphatic rings. The fraction of sp³-hybridized carbons (Fsp3) is 0. The summed E-state index contributed by atoms with van der Waals surface area (Å²) in [6, 6.07) is 12.7. The van der Waals surface area contributed by atoms with Gasteiger partial charge in [-0.25, -0.2) is 0 Å². The Morgan fingerprint density at radius 3 is 1.00 bits per heavy atom. The molecule has 0 bridgehead atoms. The Balaban J connectivity index is 0.000000296. The fourth-order valence-electron chi connectivity index (χ4n) is 0.882. The van der Waals surface area contributed by atoms with E-state index in [-0.39, 0.29) is 11.5 Å². The molecule has 0 atom stereocenters. The fourth-order valence-corrected chi connectivity index (χ4v) is 1.13. The van der Waals surface area contributed by atoms with Crippen LogP contribution in [0.1, 0.15) is 0 Å². The second-order valence-electron chi connectivity index (χ2n) is 3.33. The molecule has 0 saturated carbocycles. The van der Waals surface area contributed by atoms with Crippen molar-refractivity contribution in [3.05, 3.63) is 58.6 Å². The highest BCUT2D eigenvalue weighted by Crippen LogP contribution is 2.13. The van der Waals surface area contributed by atoms with E-state index in [9.17, 15) is 0 Å². The number of hydrogen-bond donors (Lipinski definition) is 2. The van der Waals surface area contributed by atoms with Gasteiger partial charge in [0.2, 0.25) is 0 Å². The van der Waals surface area contributed by atoms with E-state index in [1.807, 2.05) is 0 Å². The van der Waals surface area contributed by atoms with E-state index < -0.39 is 8.26 Å². The zero-order valence-electron chi connectivity index (χ0n) is 10.2. The molecule has 116 valence electrons. The maximum atomic E-state index is 9.16. The van der Waals surface area contributed by atoms with Crippen LogP contribution < -0.4 is 0 Å². The molecule has 0 aliphatic heterocycles. The van der Waals surface area contributed by atoms with Crippen LogP contribution >= 0.6 is 44.6 Å². The zero-order valence-corrected chi connectivity index (χ0v) is 14.1. The summed E-state index contributed by atoms with van der Waals surface area (Å²) in [4.78, 5) is 0. The van der Waals surface area contributed by atoms with Crippen LogP contribution in [0.5, 0.6) is 11.5 Å². The number of aromatic hydroxyl groups is 2. The van der Waals surface area contributed by atoms with E-state index in [0.717, 1.165) is 0 Å². The largest absolute Gasteiger partial charge is 0.508 e. The average Bonchev–Trinajstić information content (AvgIpc) is 2.35. The molecule has 0 fully saturated rings. The molecule has 21 heavy (non-hydrogen) atoms. The second kappa shape index (κ2) is 9.97. The number of phenolic OH excluding ortho intramolecular Hbond substituents is 2. The predicted molar refractivity (Wildman–Crippen MR) is 86.9 cm³/mol. The van der Waals surface area contributed by atoms with E-state index in [4.69, 9.17) is 41.8 Å². The van der Waals surface area contributed by atoms with Gasteiger partial charge >= 0.3 is 8.26 Å². The lowest BCUT2D eigenvalue weighted by Gasteiger charge is -1.87. The second-order valence-corrected chi connectivity index (χ2v) is 7.87. The molecule has 0 radical (unpaired) electrons. The molecule has 2 N–H and O–H groups in total. The van der Waals surface area contributed by atoms with Crippen LogP contribution in [0.25, 0.3) is 0 Å². The van der Waals surface area contributed by atoms with Gasteiger partial charge < -0.3 is 10.2 Å². The van der Waals surface area contributed by atoms with Crippen molar-refractivity contribution >= 4 is 52.8 Å². The van der Waals surface area contributed by atoms with Gasteiger partial charge in [0.25, 0.3) is 0 Å². The first-order valence-corrected chi connectivity index (χ1v) is 9.00. The highest BCUT2D eigenvalue weighted by molar-refractivity contribution is 8.31. The quantitative estimate of drug-likeness (QED) is 0.632. The summed E-state index contributed by atoms with van der Waals surface area (Å²) in [7, 11) is 4.81. The standard InChI is InChI=1S/2C6H5ClO.Cl2O2S/c2*7-5-1-3-6(8)4-2-5;1-5(2,3)4/h2*1-4,8H;. The molecule has 0 amide bonds. The molecular weight excluding hydrogens is 382 g/mol. The minimum absolute atomic E-state index is 0.245. The highest BCUT2D eigenvalue weighted by Gasteiger charge is 1.88. The van der Waals surface area contributed by atoms with Gasteiger partial charge in [-0.05, 0) is 48.5 Å². The SMILES string of the molecule is O=S(=O)(Cl)Cl.Oc1ccc(Cl)cc1.Oc1ccc(Cl)cc1. The Morgan fingerprint density at radius 1 is 0.667 bits per heavy atom. The topological polar surface area (TPSA) is 74.6 Å². The maximum absolute atomic E-state index is 9.16. The van der Waals surface area contributed by atoms with Crippen molar-refractivity contribution in [3.63, 3.8) is 0 Å². The Bertz CT molecular complexity index is 534. The summed E-state index contributed by atoms with van der Waals surface area (Å²) in [5.41, 5.74) is 0. The molecule has 2 aromatic rings. The van der Waals surface area contributed by atoms with E-state index in [1.165, 1.54) is 0 Å². The van der Waals surface area contributed by atoms with Gasteiger partial charge in [0.15, 0.2) is 0 Å². The summed E-state index contributed by atoms with van der Waals surface area (Å²) >= 11 is 11.0. The molecule has 2 rings (SSSR count). The summed E-state index contributed by atoms with van der Waals surface area (Å²) in [6.45, 7) is 0. The predicted octanol–water partition coefficient (Wildman–Crippen LogP) is 4.80. The first kappa shape index (κ1) is 20.1. The maximum Gasteiger partial charge on any atom is 0.317 e. The van der Waals surface area contributed by atoms with Gasteiger partial charge in [-0.15, -0.1) is 0 Å². The van der Waals surface area contributed by atoms with Crippen molar-refractivity contribution in [2.75, 3.05) is 0 Å². The lowest BCUT2D eigenvalue weighted by Crippen LogP contribution is -1.63. The van der Waals surface area contributed by atoms with Crippen LogP contribution in [0.2, 0.25) is 10.0 Å². The molecule has 0 aromatic heterocycles. The summed E-state index contributed by atoms with van der Waals surface area (Å²) in [6.07, 6.45) is 0. The van der Waals surface area contributed by atoms with Crippen LogP contribution in [0.4, 0.5) is 0 Å².